The van der Waals surface area contributed by atoms with Gasteiger partial charge >= 0.3 is 0 Å². The minimum Gasteiger partial charge on any atom is -0.148 e. The zero-order valence-corrected chi connectivity index (χ0v) is 8.22. The van der Waals surface area contributed by atoms with Gasteiger partial charge in [-0.2, -0.15) is 0 Å². The molecule has 0 aliphatic heterocycles. The molecule has 0 saturated carbocycles. The lowest BCUT2D eigenvalue weighted by Gasteiger charge is -2.01. The molecule has 0 radical (unpaired) electrons. The van der Waals surface area contributed by atoms with Crippen LogP contribution in [0, 0.1) is 6.92 Å². The van der Waals surface area contributed by atoms with Gasteiger partial charge in [-0.05, 0) is 23.8 Å². The first-order valence-electron chi connectivity index (χ1n) is 3.40. The Labute approximate surface area is 71.7 Å². The summed E-state index contributed by atoms with van der Waals surface area (Å²) in [5, 5.41) is 2.20. The van der Waals surface area contributed by atoms with Crippen molar-refractivity contribution >= 4 is 24.0 Å². The van der Waals surface area contributed by atoms with Crippen molar-refractivity contribution in [3.8, 4) is 0 Å². The lowest BCUT2D eigenvalue weighted by atomic mass is 10.1. The van der Waals surface area contributed by atoms with Crippen molar-refractivity contribution in [3.63, 3.8) is 0 Å². The highest BCUT2D eigenvalue weighted by Crippen LogP contribution is 2.30. The maximum atomic E-state index is 4.41. The number of aryl methyl sites for hydroxylation is 1. The molecule has 2 heteroatoms. The minimum atomic E-state index is 0.609. The van der Waals surface area contributed by atoms with Crippen LogP contribution in [0.1, 0.15) is 30.2 Å². The summed E-state index contributed by atoms with van der Waals surface area (Å²) in [6.07, 6.45) is 0. The maximum Gasteiger partial charge on any atom is 0.0211 e. The maximum absolute atomic E-state index is 4.41. The van der Waals surface area contributed by atoms with Crippen LogP contribution in [-0.4, -0.2) is 0 Å². The summed E-state index contributed by atoms with van der Waals surface area (Å²) in [6, 6.07) is 0. The molecule has 1 rings (SSSR count). The van der Waals surface area contributed by atoms with Crippen molar-refractivity contribution < 1.29 is 0 Å². The average Bonchev–Trinajstić information content (AvgIpc) is 2.14. The molecule has 0 N–H and O–H groups in total. The monoisotopic (exact) mass is 172 g/mol. The molecule has 0 fully saturated rings. The Hall–Kier alpha value is 0.0500. The van der Waals surface area contributed by atoms with Crippen LogP contribution in [0.4, 0.5) is 0 Å². The van der Waals surface area contributed by atoms with Crippen molar-refractivity contribution in [1.29, 1.82) is 0 Å². The zero-order chi connectivity index (χ0) is 7.72. The van der Waals surface area contributed by atoms with Crippen LogP contribution in [0.3, 0.4) is 0 Å². The summed E-state index contributed by atoms with van der Waals surface area (Å²) in [7, 11) is 0. The molecule has 56 valence electrons. The summed E-state index contributed by atoms with van der Waals surface area (Å²) in [5.41, 5.74) is 1.38. The highest BCUT2D eigenvalue weighted by molar-refractivity contribution is 7.80. The summed E-state index contributed by atoms with van der Waals surface area (Å²) < 4.78 is 0. The molecule has 0 atom stereocenters. The van der Waals surface area contributed by atoms with Crippen molar-refractivity contribution in [2.24, 2.45) is 0 Å². The fourth-order valence-corrected chi connectivity index (χ4v) is 2.37. The third kappa shape index (κ3) is 1.38. The lowest BCUT2D eigenvalue weighted by Crippen LogP contribution is -1.83. The van der Waals surface area contributed by atoms with Gasteiger partial charge in [-0.1, -0.05) is 13.8 Å². The van der Waals surface area contributed by atoms with Gasteiger partial charge < -0.3 is 0 Å². The van der Waals surface area contributed by atoms with E-state index in [1.54, 1.807) is 11.3 Å². The third-order valence-corrected chi connectivity index (χ3v) is 3.27. The molecule has 1 aromatic rings. The molecule has 1 aromatic heterocycles. The Morgan fingerprint density at radius 3 is 2.30 bits per heavy atom. The molecule has 0 saturated heterocycles. The van der Waals surface area contributed by atoms with E-state index < -0.39 is 0 Å². The van der Waals surface area contributed by atoms with E-state index >= 15 is 0 Å². The van der Waals surface area contributed by atoms with E-state index in [0.717, 1.165) is 0 Å². The average molecular weight is 172 g/mol. The Balaban J connectivity index is 3.05. The van der Waals surface area contributed by atoms with E-state index in [0.29, 0.717) is 5.92 Å². The molecule has 0 bridgehead atoms. The van der Waals surface area contributed by atoms with Gasteiger partial charge in [-0.3, -0.25) is 0 Å². The smallest absolute Gasteiger partial charge is 0.0211 e. The summed E-state index contributed by atoms with van der Waals surface area (Å²) in [4.78, 5) is 2.51. The van der Waals surface area contributed by atoms with Gasteiger partial charge in [0.05, 0.1) is 0 Å². The van der Waals surface area contributed by atoms with Crippen molar-refractivity contribution in [3.05, 3.63) is 15.8 Å². The largest absolute Gasteiger partial charge is 0.148 e. The van der Waals surface area contributed by atoms with E-state index in [2.05, 4.69) is 38.8 Å². The van der Waals surface area contributed by atoms with Crippen LogP contribution in [0.25, 0.3) is 0 Å². The fourth-order valence-electron chi connectivity index (χ4n) is 0.876. The molecule has 0 aromatic carbocycles. The number of thiol groups is 1. The molecule has 1 heterocycles. The molecule has 0 aliphatic rings. The lowest BCUT2D eigenvalue weighted by molar-refractivity contribution is 0.849. The first-order valence-corrected chi connectivity index (χ1v) is 4.72. The van der Waals surface area contributed by atoms with E-state index in [1.165, 1.54) is 15.3 Å². The van der Waals surface area contributed by atoms with Crippen LogP contribution in [0.5, 0.6) is 0 Å². The van der Waals surface area contributed by atoms with Gasteiger partial charge in [-0.25, -0.2) is 0 Å². The van der Waals surface area contributed by atoms with E-state index in [9.17, 15) is 0 Å². The van der Waals surface area contributed by atoms with E-state index in [1.807, 2.05) is 0 Å². The quantitative estimate of drug-likeness (QED) is 0.616. The Morgan fingerprint density at radius 2 is 2.10 bits per heavy atom. The van der Waals surface area contributed by atoms with Crippen LogP contribution in [0.15, 0.2) is 10.3 Å². The number of thiophene rings is 1. The first-order chi connectivity index (χ1) is 4.63. The SMILES string of the molecule is Cc1scc(C(C)C)c1S. The third-order valence-electron chi connectivity index (χ3n) is 1.59. The second-order valence-electron chi connectivity index (χ2n) is 2.75. The normalized spacial score (nSPS) is 10.9. The Bertz CT molecular complexity index is 223. The van der Waals surface area contributed by atoms with Gasteiger partial charge in [0.2, 0.25) is 0 Å². The standard InChI is InChI=1S/C8H12S2/c1-5(2)7-4-10-6(3)8(7)9/h4-5,9H,1-3H3. The Morgan fingerprint density at radius 1 is 1.50 bits per heavy atom. The van der Waals surface area contributed by atoms with Crippen LogP contribution in [-0.2, 0) is 0 Å². The number of hydrogen-bond acceptors (Lipinski definition) is 2. The molecule has 0 spiro atoms. The molecular weight excluding hydrogens is 160 g/mol. The van der Waals surface area contributed by atoms with Crippen LogP contribution >= 0.6 is 24.0 Å². The zero-order valence-electron chi connectivity index (χ0n) is 6.51. The number of rotatable bonds is 1. The number of hydrogen-bond donors (Lipinski definition) is 1. The highest BCUT2D eigenvalue weighted by Gasteiger charge is 2.06. The summed E-state index contributed by atoms with van der Waals surface area (Å²) >= 11 is 6.20. The minimum absolute atomic E-state index is 0.609. The summed E-state index contributed by atoms with van der Waals surface area (Å²) in [6.45, 7) is 6.50. The van der Waals surface area contributed by atoms with Crippen LogP contribution in [0.2, 0.25) is 0 Å². The molecular formula is C8H12S2. The summed E-state index contributed by atoms with van der Waals surface area (Å²) in [5.74, 6) is 0.609. The molecule has 0 nitrogen and oxygen atoms in total. The molecule has 0 unspecified atom stereocenters. The highest BCUT2D eigenvalue weighted by atomic mass is 32.1. The first kappa shape index (κ1) is 8.15. The van der Waals surface area contributed by atoms with E-state index in [4.69, 9.17) is 0 Å². The van der Waals surface area contributed by atoms with Crippen molar-refractivity contribution in [1.82, 2.24) is 0 Å². The molecule has 10 heavy (non-hydrogen) atoms. The van der Waals surface area contributed by atoms with Gasteiger partial charge in [0.1, 0.15) is 0 Å². The van der Waals surface area contributed by atoms with Gasteiger partial charge in [-0.15, -0.1) is 24.0 Å². The van der Waals surface area contributed by atoms with Gasteiger partial charge in [0, 0.05) is 9.77 Å². The Kier molecular flexibility index (Phi) is 2.42. The van der Waals surface area contributed by atoms with Crippen molar-refractivity contribution in [2.45, 2.75) is 31.6 Å². The second-order valence-corrected chi connectivity index (χ2v) is 4.28. The van der Waals surface area contributed by atoms with E-state index in [-0.39, 0.29) is 0 Å². The van der Waals surface area contributed by atoms with Crippen LogP contribution < -0.4 is 0 Å². The van der Waals surface area contributed by atoms with Gasteiger partial charge in [0.15, 0.2) is 0 Å². The predicted octanol–water partition coefficient (Wildman–Crippen LogP) is 3.47. The topological polar surface area (TPSA) is 0 Å². The molecule has 0 amide bonds. The second kappa shape index (κ2) is 2.97. The predicted molar refractivity (Wildman–Crippen MR) is 50.4 cm³/mol. The van der Waals surface area contributed by atoms with Gasteiger partial charge in [0.25, 0.3) is 0 Å². The fraction of sp³-hybridized carbons (Fsp3) is 0.500. The van der Waals surface area contributed by atoms with Crippen molar-refractivity contribution in [2.75, 3.05) is 0 Å². The molecule has 0 aliphatic carbocycles.